The minimum absolute atomic E-state index is 0.111. The maximum Gasteiger partial charge on any atom is 0.306 e. The monoisotopic (exact) mass is 259 g/mol. The van der Waals surface area contributed by atoms with Gasteiger partial charge in [0.1, 0.15) is 6.10 Å². The molecular formula is C12H21NO5. The van der Waals surface area contributed by atoms with E-state index >= 15 is 0 Å². The Kier molecular flexibility index (Phi) is 6.67. The summed E-state index contributed by atoms with van der Waals surface area (Å²) in [5.74, 6) is -1.11. The lowest BCUT2D eigenvalue weighted by Crippen LogP contribution is -2.42. The number of carboxylic acid groups (broad SMARTS) is 1. The number of nitrogens with one attached hydrogen (secondary N) is 1. The molecule has 1 saturated heterocycles. The van der Waals surface area contributed by atoms with Gasteiger partial charge in [0.2, 0.25) is 5.91 Å². The van der Waals surface area contributed by atoms with Gasteiger partial charge in [-0.3, -0.25) is 9.59 Å². The Hall–Kier alpha value is -1.14. The standard InChI is InChI=1S/C12H21NO5/c1-2-17-9(7-11(14)15)8-13-12(16)10-5-3-4-6-18-10/h9-10H,2-8H2,1H3,(H,13,16)(H,14,15). The van der Waals surface area contributed by atoms with Gasteiger partial charge in [0.15, 0.2) is 0 Å². The molecule has 2 atom stereocenters. The Balaban J connectivity index is 2.31. The molecule has 0 aliphatic carbocycles. The topological polar surface area (TPSA) is 84.9 Å². The van der Waals surface area contributed by atoms with Crippen LogP contribution < -0.4 is 5.32 Å². The van der Waals surface area contributed by atoms with Gasteiger partial charge in [0.05, 0.1) is 12.5 Å². The van der Waals surface area contributed by atoms with E-state index in [0.29, 0.717) is 13.2 Å². The van der Waals surface area contributed by atoms with Crippen LogP contribution in [0.15, 0.2) is 0 Å². The number of aliphatic carboxylic acids is 1. The van der Waals surface area contributed by atoms with Crippen molar-refractivity contribution in [3.63, 3.8) is 0 Å². The van der Waals surface area contributed by atoms with E-state index < -0.39 is 18.2 Å². The van der Waals surface area contributed by atoms with Gasteiger partial charge in [-0.15, -0.1) is 0 Å². The first-order chi connectivity index (χ1) is 8.63. The summed E-state index contributed by atoms with van der Waals surface area (Å²) >= 11 is 0. The Bertz CT molecular complexity index is 276. The summed E-state index contributed by atoms with van der Waals surface area (Å²) < 4.78 is 10.6. The highest BCUT2D eigenvalue weighted by Crippen LogP contribution is 2.12. The molecule has 18 heavy (non-hydrogen) atoms. The minimum atomic E-state index is -0.934. The molecule has 1 amide bonds. The van der Waals surface area contributed by atoms with Crippen molar-refractivity contribution in [2.45, 2.75) is 44.8 Å². The van der Waals surface area contributed by atoms with Crippen LogP contribution in [0.2, 0.25) is 0 Å². The number of carbonyl (C=O) groups excluding carboxylic acids is 1. The Morgan fingerprint density at radius 2 is 2.28 bits per heavy atom. The molecule has 0 saturated carbocycles. The van der Waals surface area contributed by atoms with E-state index in [1.165, 1.54) is 0 Å². The third kappa shape index (κ3) is 5.46. The highest BCUT2D eigenvalue weighted by molar-refractivity contribution is 5.80. The summed E-state index contributed by atoms with van der Waals surface area (Å²) in [5.41, 5.74) is 0. The highest BCUT2D eigenvalue weighted by Gasteiger charge is 2.23. The van der Waals surface area contributed by atoms with E-state index in [1.54, 1.807) is 6.92 Å². The Morgan fingerprint density at radius 3 is 2.83 bits per heavy atom. The van der Waals surface area contributed by atoms with Gasteiger partial charge in [-0.25, -0.2) is 0 Å². The molecule has 0 radical (unpaired) electrons. The molecule has 1 aliphatic heterocycles. The van der Waals surface area contributed by atoms with Crippen molar-refractivity contribution in [1.29, 1.82) is 0 Å². The van der Waals surface area contributed by atoms with Crippen molar-refractivity contribution in [3.05, 3.63) is 0 Å². The number of hydrogen-bond donors (Lipinski definition) is 2. The normalized spacial score (nSPS) is 21.3. The van der Waals surface area contributed by atoms with E-state index in [-0.39, 0.29) is 18.9 Å². The number of rotatable bonds is 7. The van der Waals surface area contributed by atoms with Crippen molar-refractivity contribution >= 4 is 11.9 Å². The van der Waals surface area contributed by atoms with Crippen LogP contribution in [0.5, 0.6) is 0 Å². The molecule has 104 valence electrons. The van der Waals surface area contributed by atoms with Crippen molar-refractivity contribution in [3.8, 4) is 0 Å². The van der Waals surface area contributed by atoms with Crippen LogP contribution in [0.1, 0.15) is 32.6 Å². The van der Waals surface area contributed by atoms with E-state index in [9.17, 15) is 9.59 Å². The van der Waals surface area contributed by atoms with Crippen LogP contribution in [0.25, 0.3) is 0 Å². The fourth-order valence-electron chi connectivity index (χ4n) is 1.90. The predicted octanol–water partition coefficient (Wildman–Crippen LogP) is 0.551. The molecule has 1 rings (SSSR count). The summed E-state index contributed by atoms with van der Waals surface area (Å²) in [6.07, 6.45) is 1.71. The lowest BCUT2D eigenvalue weighted by molar-refractivity contribution is -0.141. The maximum atomic E-state index is 11.8. The quantitative estimate of drug-likeness (QED) is 0.697. The number of amides is 1. The summed E-state index contributed by atoms with van der Waals surface area (Å²) in [6.45, 7) is 3.04. The third-order valence-corrected chi connectivity index (χ3v) is 2.78. The molecule has 6 heteroatoms. The molecule has 1 fully saturated rings. The van der Waals surface area contributed by atoms with Crippen molar-refractivity contribution in [1.82, 2.24) is 5.32 Å². The zero-order chi connectivity index (χ0) is 13.4. The SMILES string of the molecule is CCOC(CNC(=O)C1CCCCO1)CC(=O)O. The summed E-state index contributed by atoms with van der Waals surface area (Å²) in [7, 11) is 0. The molecule has 0 bridgehead atoms. The van der Waals surface area contributed by atoms with Gasteiger partial charge in [-0.1, -0.05) is 0 Å². The second kappa shape index (κ2) is 8.05. The number of carbonyl (C=O) groups is 2. The van der Waals surface area contributed by atoms with E-state index in [4.69, 9.17) is 14.6 Å². The zero-order valence-electron chi connectivity index (χ0n) is 10.7. The van der Waals surface area contributed by atoms with Crippen LogP contribution in [0.4, 0.5) is 0 Å². The average molecular weight is 259 g/mol. The molecule has 2 unspecified atom stereocenters. The van der Waals surface area contributed by atoms with Gasteiger partial charge in [-0.05, 0) is 26.2 Å². The zero-order valence-corrected chi connectivity index (χ0v) is 10.7. The fourth-order valence-corrected chi connectivity index (χ4v) is 1.90. The molecule has 0 aromatic heterocycles. The van der Waals surface area contributed by atoms with Gasteiger partial charge in [-0.2, -0.15) is 0 Å². The average Bonchev–Trinajstić information content (AvgIpc) is 2.36. The van der Waals surface area contributed by atoms with E-state index in [2.05, 4.69) is 5.32 Å². The van der Waals surface area contributed by atoms with E-state index in [1.807, 2.05) is 0 Å². The molecule has 0 aromatic carbocycles. The van der Waals surface area contributed by atoms with Gasteiger partial charge >= 0.3 is 5.97 Å². The second-order valence-corrected chi connectivity index (χ2v) is 4.28. The largest absolute Gasteiger partial charge is 0.481 e. The number of carboxylic acids is 1. The highest BCUT2D eigenvalue weighted by atomic mass is 16.5. The lowest BCUT2D eigenvalue weighted by atomic mass is 10.1. The second-order valence-electron chi connectivity index (χ2n) is 4.28. The Labute approximate surface area is 107 Å². The van der Waals surface area contributed by atoms with Gasteiger partial charge in [0, 0.05) is 19.8 Å². The first kappa shape index (κ1) is 14.9. The first-order valence-electron chi connectivity index (χ1n) is 6.36. The van der Waals surface area contributed by atoms with Crippen LogP contribution >= 0.6 is 0 Å². The van der Waals surface area contributed by atoms with Crippen LogP contribution in [-0.2, 0) is 19.1 Å². The summed E-state index contributed by atoms with van der Waals surface area (Å²) in [5, 5.41) is 11.4. The maximum absolute atomic E-state index is 11.8. The van der Waals surface area contributed by atoms with Crippen LogP contribution in [0.3, 0.4) is 0 Å². The molecule has 1 heterocycles. The van der Waals surface area contributed by atoms with Crippen LogP contribution in [0, 0.1) is 0 Å². The minimum Gasteiger partial charge on any atom is -0.481 e. The smallest absolute Gasteiger partial charge is 0.306 e. The van der Waals surface area contributed by atoms with Crippen molar-refractivity contribution in [2.24, 2.45) is 0 Å². The lowest BCUT2D eigenvalue weighted by Gasteiger charge is -2.23. The summed E-state index contributed by atoms with van der Waals surface area (Å²) in [6, 6.07) is 0. The number of hydrogen-bond acceptors (Lipinski definition) is 4. The van der Waals surface area contributed by atoms with Gasteiger partial charge in [0.25, 0.3) is 0 Å². The molecule has 6 nitrogen and oxygen atoms in total. The third-order valence-electron chi connectivity index (χ3n) is 2.78. The van der Waals surface area contributed by atoms with Crippen molar-refractivity contribution in [2.75, 3.05) is 19.8 Å². The first-order valence-corrected chi connectivity index (χ1v) is 6.36. The summed E-state index contributed by atoms with van der Waals surface area (Å²) in [4.78, 5) is 22.4. The molecule has 1 aliphatic rings. The van der Waals surface area contributed by atoms with Crippen LogP contribution in [-0.4, -0.2) is 48.9 Å². The van der Waals surface area contributed by atoms with Crippen molar-refractivity contribution < 1.29 is 24.2 Å². The molecular weight excluding hydrogens is 238 g/mol. The Morgan fingerprint density at radius 1 is 1.50 bits per heavy atom. The van der Waals surface area contributed by atoms with E-state index in [0.717, 1.165) is 19.3 Å². The predicted molar refractivity (Wildman–Crippen MR) is 64.3 cm³/mol. The molecule has 2 N–H and O–H groups in total. The van der Waals surface area contributed by atoms with Gasteiger partial charge < -0.3 is 19.9 Å². The fraction of sp³-hybridized carbons (Fsp3) is 0.833. The molecule has 0 spiro atoms. The molecule has 0 aromatic rings. The number of ether oxygens (including phenoxy) is 2.